The van der Waals surface area contributed by atoms with Crippen molar-refractivity contribution in [2.75, 3.05) is 4.90 Å². The zero-order valence-electron chi connectivity index (χ0n) is 33.6. The second-order valence-corrected chi connectivity index (χ2v) is 15.7. The molecule has 1 heteroatoms. The molecule has 0 aliphatic heterocycles. The highest BCUT2D eigenvalue weighted by molar-refractivity contribution is 6.09. The van der Waals surface area contributed by atoms with Crippen molar-refractivity contribution in [3.8, 4) is 55.6 Å². The first-order chi connectivity index (χ1) is 30.2. The molecule has 286 valence electrons. The summed E-state index contributed by atoms with van der Waals surface area (Å²) in [5.74, 6) is 0. The minimum atomic E-state index is 1.09. The number of hydrogen-bond acceptors (Lipinski definition) is 1. The highest BCUT2D eigenvalue weighted by Crippen LogP contribution is 2.43. The lowest BCUT2D eigenvalue weighted by Gasteiger charge is -2.27. The molecule has 0 N–H and O–H groups in total. The van der Waals surface area contributed by atoms with Crippen LogP contribution >= 0.6 is 0 Å². The van der Waals surface area contributed by atoms with E-state index in [9.17, 15) is 0 Å². The minimum Gasteiger partial charge on any atom is -0.310 e. The maximum absolute atomic E-state index is 2.41. The Morgan fingerprint density at radius 3 is 1.26 bits per heavy atom. The van der Waals surface area contributed by atoms with Gasteiger partial charge in [0.05, 0.1) is 0 Å². The Hall–Kier alpha value is -8.00. The van der Waals surface area contributed by atoms with Gasteiger partial charge in [0.2, 0.25) is 0 Å². The van der Waals surface area contributed by atoms with E-state index in [1.165, 1.54) is 88.0 Å². The van der Waals surface area contributed by atoms with Crippen LogP contribution in [0.4, 0.5) is 17.1 Å². The zero-order valence-corrected chi connectivity index (χ0v) is 33.6. The van der Waals surface area contributed by atoms with Crippen LogP contribution in [0.25, 0.3) is 88.0 Å². The molecule has 61 heavy (non-hydrogen) atoms. The van der Waals surface area contributed by atoms with Crippen molar-refractivity contribution < 1.29 is 0 Å². The van der Waals surface area contributed by atoms with E-state index in [-0.39, 0.29) is 0 Å². The molecule has 0 amide bonds. The molecule has 1 nitrogen and oxygen atoms in total. The summed E-state index contributed by atoms with van der Waals surface area (Å²) in [5, 5.41) is 7.46. The van der Waals surface area contributed by atoms with Crippen LogP contribution in [0.1, 0.15) is 0 Å². The van der Waals surface area contributed by atoms with Gasteiger partial charge in [-0.25, -0.2) is 0 Å². The van der Waals surface area contributed by atoms with Gasteiger partial charge < -0.3 is 4.90 Å². The van der Waals surface area contributed by atoms with Gasteiger partial charge in [0.25, 0.3) is 0 Å². The molecule has 0 heterocycles. The van der Waals surface area contributed by atoms with Gasteiger partial charge in [-0.1, -0.05) is 212 Å². The quantitative estimate of drug-likeness (QED) is 0.139. The predicted octanol–water partition coefficient (Wildman–Crippen LogP) is 17.0. The molecule has 0 atom stereocenters. The van der Waals surface area contributed by atoms with Crippen molar-refractivity contribution in [3.63, 3.8) is 0 Å². The fourth-order valence-corrected chi connectivity index (χ4v) is 9.06. The topological polar surface area (TPSA) is 3.24 Å². The second kappa shape index (κ2) is 15.6. The van der Waals surface area contributed by atoms with Gasteiger partial charge in [-0.2, -0.15) is 0 Å². The summed E-state index contributed by atoms with van der Waals surface area (Å²) in [6, 6.07) is 90.5. The zero-order chi connectivity index (χ0) is 40.5. The molecule has 0 unspecified atom stereocenters. The summed E-state index contributed by atoms with van der Waals surface area (Å²) < 4.78 is 0. The lowest BCUT2D eigenvalue weighted by molar-refractivity contribution is 1.29. The van der Waals surface area contributed by atoms with Gasteiger partial charge in [-0.05, 0) is 124 Å². The Morgan fingerprint density at radius 1 is 0.197 bits per heavy atom. The van der Waals surface area contributed by atoms with Crippen LogP contribution in [0.5, 0.6) is 0 Å². The fourth-order valence-electron chi connectivity index (χ4n) is 9.06. The minimum absolute atomic E-state index is 1.09. The molecule has 0 aliphatic rings. The molecule has 0 saturated heterocycles. The van der Waals surface area contributed by atoms with Crippen molar-refractivity contribution >= 4 is 49.4 Å². The van der Waals surface area contributed by atoms with E-state index < -0.39 is 0 Å². The predicted molar refractivity (Wildman–Crippen MR) is 261 cm³/mol. The van der Waals surface area contributed by atoms with Gasteiger partial charge in [0.1, 0.15) is 0 Å². The molecule has 0 fully saturated rings. The maximum atomic E-state index is 2.41. The van der Waals surface area contributed by atoms with Crippen LogP contribution < -0.4 is 4.90 Å². The third kappa shape index (κ3) is 6.83. The molecule has 0 bridgehead atoms. The van der Waals surface area contributed by atoms with E-state index in [2.05, 4.69) is 254 Å². The van der Waals surface area contributed by atoms with Gasteiger partial charge in [-0.3, -0.25) is 0 Å². The van der Waals surface area contributed by atoms with Crippen LogP contribution in [0, 0.1) is 0 Å². The second-order valence-electron chi connectivity index (χ2n) is 15.7. The third-order valence-corrected chi connectivity index (χ3v) is 12.1. The number of rotatable bonds is 8. The number of fused-ring (bicyclic) bond motifs is 4. The summed E-state index contributed by atoms with van der Waals surface area (Å²) in [5.41, 5.74) is 15.3. The molecule has 0 spiro atoms. The number of benzene rings is 11. The monoisotopic (exact) mass is 775 g/mol. The molecular formula is C60H41N. The molecule has 0 saturated carbocycles. The highest BCUT2D eigenvalue weighted by Gasteiger charge is 2.18. The molecule has 0 aliphatic carbocycles. The van der Waals surface area contributed by atoms with Crippen molar-refractivity contribution in [1.29, 1.82) is 0 Å². The lowest BCUT2D eigenvalue weighted by atomic mass is 9.91. The van der Waals surface area contributed by atoms with E-state index in [4.69, 9.17) is 0 Å². The van der Waals surface area contributed by atoms with E-state index in [0.717, 1.165) is 17.1 Å². The summed E-state index contributed by atoms with van der Waals surface area (Å²) >= 11 is 0. The maximum Gasteiger partial charge on any atom is 0.0468 e. The van der Waals surface area contributed by atoms with Crippen LogP contribution in [0.2, 0.25) is 0 Å². The first-order valence-electron chi connectivity index (χ1n) is 21.0. The van der Waals surface area contributed by atoms with Gasteiger partial charge in [-0.15, -0.1) is 0 Å². The Bertz CT molecular complexity index is 3330. The Labute approximate surface area is 357 Å². The molecular weight excluding hydrogens is 735 g/mol. The van der Waals surface area contributed by atoms with E-state index in [1.54, 1.807) is 0 Å². The summed E-state index contributed by atoms with van der Waals surface area (Å²) in [6.07, 6.45) is 0. The number of nitrogens with zero attached hydrogens (tertiary/aromatic N) is 1. The first kappa shape index (κ1) is 36.1. The van der Waals surface area contributed by atoms with Crippen molar-refractivity contribution in [2.45, 2.75) is 0 Å². The van der Waals surface area contributed by atoms with Crippen LogP contribution in [0.15, 0.2) is 249 Å². The largest absolute Gasteiger partial charge is 0.310 e. The lowest BCUT2D eigenvalue weighted by Crippen LogP contribution is -2.10. The van der Waals surface area contributed by atoms with Crippen molar-refractivity contribution in [3.05, 3.63) is 249 Å². The molecule has 0 radical (unpaired) electrons. The van der Waals surface area contributed by atoms with Gasteiger partial charge in [0, 0.05) is 17.1 Å². The summed E-state index contributed by atoms with van der Waals surface area (Å²) in [7, 11) is 0. The normalized spacial score (nSPS) is 11.3. The third-order valence-electron chi connectivity index (χ3n) is 12.1. The van der Waals surface area contributed by atoms with E-state index in [1.807, 2.05) is 0 Å². The van der Waals surface area contributed by atoms with Crippen molar-refractivity contribution in [2.24, 2.45) is 0 Å². The Balaban J connectivity index is 1.05. The molecule has 11 rings (SSSR count). The highest BCUT2D eigenvalue weighted by atomic mass is 15.1. The fraction of sp³-hybridized carbons (Fsp3) is 0. The van der Waals surface area contributed by atoms with Crippen LogP contribution in [-0.4, -0.2) is 0 Å². The number of hydrogen-bond donors (Lipinski definition) is 0. The number of anilines is 3. The van der Waals surface area contributed by atoms with E-state index >= 15 is 0 Å². The van der Waals surface area contributed by atoms with Gasteiger partial charge in [0.15, 0.2) is 0 Å². The van der Waals surface area contributed by atoms with Crippen LogP contribution in [0.3, 0.4) is 0 Å². The molecule has 0 aromatic heterocycles. The molecule has 11 aromatic rings. The summed E-state index contributed by atoms with van der Waals surface area (Å²) in [6.45, 7) is 0. The average Bonchev–Trinajstić information content (AvgIpc) is 3.34. The SMILES string of the molecule is c1ccc(-c2ccccc2-c2ccc(-c3ccc(N(c4ccc(-c5cccc6ccccc56)cc4)c4ccc5ccc6ccccc6c5c4)cc3-c3ccccc3)cc2)cc1. The summed E-state index contributed by atoms with van der Waals surface area (Å²) in [4.78, 5) is 2.41. The Kier molecular flexibility index (Phi) is 9.26. The standard InChI is InChI=1S/C60H41N/c1-3-14-42(15-4-1)53-22-11-12-23-55(53)46-27-29-47(30-28-46)58-39-38-52(41-59(58)44-16-5-2-6-17-44)61(51-37-34-49-31-26-45-19-8-10-24-57(45)60(49)40-51)50-35-32-48(33-36-50)56-25-13-20-43-18-7-9-21-54(43)56/h1-41H. The van der Waals surface area contributed by atoms with Crippen LogP contribution in [-0.2, 0) is 0 Å². The average molecular weight is 776 g/mol. The van der Waals surface area contributed by atoms with E-state index in [0.29, 0.717) is 0 Å². The van der Waals surface area contributed by atoms with Gasteiger partial charge >= 0.3 is 0 Å². The first-order valence-corrected chi connectivity index (χ1v) is 21.0. The van der Waals surface area contributed by atoms with Crippen molar-refractivity contribution in [1.82, 2.24) is 0 Å². The molecule has 11 aromatic carbocycles. The Morgan fingerprint density at radius 2 is 0.590 bits per heavy atom. The smallest absolute Gasteiger partial charge is 0.0468 e.